The lowest BCUT2D eigenvalue weighted by atomic mass is 9.94. The molecule has 1 aliphatic heterocycles. The molecule has 0 spiro atoms. The Bertz CT molecular complexity index is 981. The highest BCUT2D eigenvalue weighted by molar-refractivity contribution is 7.89. The molecule has 1 amide bonds. The number of benzene rings is 2. The van der Waals surface area contributed by atoms with E-state index >= 15 is 0 Å². The number of carbonyl (C=O) groups is 1. The second-order valence-corrected chi connectivity index (χ2v) is 10.0. The minimum absolute atomic E-state index is 0.0909. The summed E-state index contributed by atoms with van der Waals surface area (Å²) in [6, 6.07) is 11.7. The fourth-order valence-electron chi connectivity index (χ4n) is 3.69. The molecule has 1 heterocycles. The standard InChI is InChI=1S/C21H25ClN2O3S/c1-14-10-15(2)13-24(12-14)28(26,27)17-8-9-19(22)18(11-17)21(25)23-20-7-5-4-6-16(20)3/h4-9,11,14-15H,10,12-13H2,1-3H3,(H,23,25)/t14-,15-/m1/s1. The molecule has 0 aromatic heterocycles. The molecule has 7 heteroatoms. The lowest BCUT2D eigenvalue weighted by Gasteiger charge is -2.34. The van der Waals surface area contributed by atoms with Crippen LogP contribution < -0.4 is 5.32 Å². The van der Waals surface area contributed by atoms with E-state index in [2.05, 4.69) is 19.2 Å². The van der Waals surface area contributed by atoms with E-state index in [1.54, 1.807) is 6.07 Å². The van der Waals surface area contributed by atoms with Crippen LogP contribution in [0.1, 0.15) is 36.2 Å². The molecule has 1 N–H and O–H groups in total. The van der Waals surface area contributed by atoms with Crippen molar-refractivity contribution < 1.29 is 13.2 Å². The maximum atomic E-state index is 13.1. The zero-order valence-corrected chi connectivity index (χ0v) is 17.8. The summed E-state index contributed by atoms with van der Waals surface area (Å²) in [7, 11) is -3.69. The Morgan fingerprint density at radius 3 is 2.39 bits per heavy atom. The monoisotopic (exact) mass is 420 g/mol. The Hall–Kier alpha value is -1.89. The number of halogens is 1. The first-order valence-electron chi connectivity index (χ1n) is 9.35. The summed E-state index contributed by atoms with van der Waals surface area (Å²) in [5.41, 5.74) is 1.71. The highest BCUT2D eigenvalue weighted by Crippen LogP contribution is 2.29. The highest BCUT2D eigenvalue weighted by Gasteiger charge is 2.32. The van der Waals surface area contributed by atoms with E-state index in [1.807, 2.05) is 25.1 Å². The largest absolute Gasteiger partial charge is 0.322 e. The Balaban J connectivity index is 1.90. The molecular formula is C21H25ClN2O3S. The van der Waals surface area contributed by atoms with Gasteiger partial charge in [0.25, 0.3) is 5.91 Å². The van der Waals surface area contributed by atoms with Gasteiger partial charge < -0.3 is 5.32 Å². The molecule has 0 saturated carbocycles. The van der Waals surface area contributed by atoms with E-state index in [1.165, 1.54) is 22.5 Å². The Labute approximate surface area is 171 Å². The molecule has 0 bridgehead atoms. The molecule has 28 heavy (non-hydrogen) atoms. The Morgan fingerprint density at radius 2 is 1.75 bits per heavy atom. The number of sulfonamides is 1. The van der Waals surface area contributed by atoms with Crippen molar-refractivity contribution >= 4 is 33.2 Å². The van der Waals surface area contributed by atoms with Crippen LogP contribution in [0.5, 0.6) is 0 Å². The molecule has 0 radical (unpaired) electrons. The van der Waals surface area contributed by atoms with Crippen LogP contribution in [-0.2, 0) is 10.0 Å². The van der Waals surface area contributed by atoms with Gasteiger partial charge in [0.1, 0.15) is 0 Å². The molecule has 2 aromatic rings. The van der Waals surface area contributed by atoms with Crippen LogP contribution >= 0.6 is 11.6 Å². The predicted molar refractivity (Wildman–Crippen MR) is 112 cm³/mol. The van der Waals surface area contributed by atoms with Crippen LogP contribution in [0.2, 0.25) is 5.02 Å². The van der Waals surface area contributed by atoms with E-state index < -0.39 is 15.9 Å². The molecule has 1 saturated heterocycles. The number of aryl methyl sites for hydroxylation is 1. The summed E-state index contributed by atoms with van der Waals surface area (Å²) in [5.74, 6) is 0.168. The van der Waals surface area contributed by atoms with Crippen molar-refractivity contribution in [2.75, 3.05) is 18.4 Å². The SMILES string of the molecule is Cc1ccccc1NC(=O)c1cc(S(=O)(=O)N2C[C@H](C)C[C@@H](C)C2)ccc1Cl. The quantitative estimate of drug-likeness (QED) is 0.787. The third-order valence-electron chi connectivity index (χ3n) is 5.05. The molecular weight excluding hydrogens is 396 g/mol. The van der Waals surface area contributed by atoms with Crippen LogP contribution in [0, 0.1) is 18.8 Å². The van der Waals surface area contributed by atoms with Crippen LogP contribution in [0.15, 0.2) is 47.4 Å². The van der Waals surface area contributed by atoms with Crippen LogP contribution in [0.25, 0.3) is 0 Å². The number of hydrogen-bond donors (Lipinski definition) is 1. The van der Waals surface area contributed by atoms with Crippen LogP contribution in [0.4, 0.5) is 5.69 Å². The smallest absolute Gasteiger partial charge is 0.257 e. The highest BCUT2D eigenvalue weighted by atomic mass is 35.5. The van der Waals surface area contributed by atoms with Gasteiger partial charge in [0.15, 0.2) is 0 Å². The number of rotatable bonds is 4. The van der Waals surface area contributed by atoms with Crippen molar-refractivity contribution in [1.29, 1.82) is 0 Å². The molecule has 0 unspecified atom stereocenters. The van der Waals surface area contributed by atoms with Gasteiger partial charge in [-0.15, -0.1) is 0 Å². The zero-order chi connectivity index (χ0) is 20.5. The van der Waals surface area contributed by atoms with E-state index in [0.717, 1.165) is 12.0 Å². The average Bonchev–Trinajstić information content (AvgIpc) is 2.63. The van der Waals surface area contributed by atoms with E-state index in [0.29, 0.717) is 30.6 Å². The number of hydrogen-bond acceptors (Lipinski definition) is 3. The van der Waals surface area contributed by atoms with Gasteiger partial charge in [-0.05, 0) is 55.0 Å². The summed E-state index contributed by atoms with van der Waals surface area (Å²) in [4.78, 5) is 12.8. The number of piperidine rings is 1. The molecule has 1 fully saturated rings. The van der Waals surface area contributed by atoms with Gasteiger partial charge in [-0.1, -0.05) is 43.6 Å². The first kappa shape index (κ1) is 20.8. The van der Waals surface area contributed by atoms with Gasteiger partial charge in [0.05, 0.1) is 15.5 Å². The number of carbonyl (C=O) groups excluding carboxylic acids is 1. The predicted octanol–water partition coefficient (Wildman–Crippen LogP) is 4.57. The topological polar surface area (TPSA) is 66.5 Å². The second kappa shape index (κ2) is 8.23. The van der Waals surface area contributed by atoms with Crippen LogP contribution in [0.3, 0.4) is 0 Å². The number of para-hydroxylation sites is 1. The molecule has 1 aliphatic rings. The lowest BCUT2D eigenvalue weighted by molar-refractivity contribution is 0.102. The Kier molecular flexibility index (Phi) is 6.12. The van der Waals surface area contributed by atoms with Gasteiger partial charge >= 0.3 is 0 Å². The van der Waals surface area contributed by atoms with Gasteiger partial charge in [0.2, 0.25) is 10.0 Å². The first-order chi connectivity index (χ1) is 13.2. The molecule has 3 rings (SSSR count). The van der Waals surface area contributed by atoms with Crippen molar-refractivity contribution in [1.82, 2.24) is 4.31 Å². The summed E-state index contributed by atoms with van der Waals surface area (Å²) >= 11 is 6.21. The molecule has 150 valence electrons. The molecule has 5 nitrogen and oxygen atoms in total. The molecule has 2 aromatic carbocycles. The Morgan fingerprint density at radius 1 is 1.11 bits per heavy atom. The van der Waals surface area contributed by atoms with E-state index in [-0.39, 0.29) is 15.5 Å². The molecule has 2 atom stereocenters. The summed E-state index contributed by atoms with van der Waals surface area (Å²) in [6.07, 6.45) is 1.01. The number of nitrogens with zero attached hydrogens (tertiary/aromatic N) is 1. The third kappa shape index (κ3) is 4.40. The molecule has 0 aliphatic carbocycles. The minimum Gasteiger partial charge on any atom is -0.322 e. The van der Waals surface area contributed by atoms with Gasteiger partial charge in [-0.3, -0.25) is 4.79 Å². The first-order valence-corrected chi connectivity index (χ1v) is 11.2. The number of anilines is 1. The average molecular weight is 421 g/mol. The van der Waals surface area contributed by atoms with Crippen molar-refractivity contribution in [3.8, 4) is 0 Å². The van der Waals surface area contributed by atoms with Crippen molar-refractivity contribution in [2.45, 2.75) is 32.1 Å². The fourth-order valence-corrected chi connectivity index (χ4v) is 5.60. The van der Waals surface area contributed by atoms with E-state index in [9.17, 15) is 13.2 Å². The van der Waals surface area contributed by atoms with Gasteiger partial charge in [0, 0.05) is 18.8 Å². The maximum absolute atomic E-state index is 13.1. The van der Waals surface area contributed by atoms with Crippen molar-refractivity contribution in [3.63, 3.8) is 0 Å². The van der Waals surface area contributed by atoms with Crippen molar-refractivity contribution in [2.24, 2.45) is 11.8 Å². The lowest BCUT2D eigenvalue weighted by Crippen LogP contribution is -2.42. The van der Waals surface area contributed by atoms with E-state index in [4.69, 9.17) is 11.6 Å². The van der Waals surface area contributed by atoms with Crippen LogP contribution in [-0.4, -0.2) is 31.7 Å². The van der Waals surface area contributed by atoms with Gasteiger partial charge in [-0.2, -0.15) is 4.31 Å². The summed E-state index contributed by atoms with van der Waals surface area (Å²) < 4.78 is 27.8. The number of nitrogens with one attached hydrogen (secondary N) is 1. The van der Waals surface area contributed by atoms with Crippen molar-refractivity contribution in [3.05, 3.63) is 58.6 Å². The fraction of sp³-hybridized carbons (Fsp3) is 0.381. The summed E-state index contributed by atoms with van der Waals surface area (Å²) in [5, 5.41) is 3.02. The van der Waals surface area contributed by atoms with Gasteiger partial charge in [-0.25, -0.2) is 8.42 Å². The zero-order valence-electron chi connectivity index (χ0n) is 16.3. The summed E-state index contributed by atoms with van der Waals surface area (Å²) in [6.45, 7) is 6.97. The maximum Gasteiger partial charge on any atom is 0.257 e. The normalized spacial score (nSPS) is 20.7. The number of amides is 1. The minimum atomic E-state index is -3.69. The second-order valence-electron chi connectivity index (χ2n) is 7.68. The third-order valence-corrected chi connectivity index (χ3v) is 7.21.